The molecule has 0 radical (unpaired) electrons. The lowest BCUT2D eigenvalue weighted by atomic mass is 9.78. The predicted molar refractivity (Wildman–Crippen MR) is 78.0 cm³/mol. The molecule has 4 heteroatoms. The van der Waals surface area contributed by atoms with Gasteiger partial charge in [-0.25, -0.2) is 4.79 Å². The molecule has 2 rings (SSSR count). The van der Waals surface area contributed by atoms with Crippen LogP contribution in [0.5, 0.6) is 0 Å². The molecule has 0 spiro atoms. The lowest BCUT2D eigenvalue weighted by Gasteiger charge is -2.39. The summed E-state index contributed by atoms with van der Waals surface area (Å²) in [6.45, 7) is 2.89. The van der Waals surface area contributed by atoms with Gasteiger partial charge in [-0.15, -0.1) is 0 Å². The molecule has 0 unspecified atom stereocenters. The van der Waals surface area contributed by atoms with Crippen LogP contribution in [0.1, 0.15) is 58.3 Å². The average molecular weight is 267 g/mol. The summed E-state index contributed by atoms with van der Waals surface area (Å²) in [4.78, 5) is 14.0. The molecule has 4 nitrogen and oxygen atoms in total. The Balaban J connectivity index is 1.73. The van der Waals surface area contributed by atoms with Crippen molar-refractivity contribution in [3.8, 4) is 0 Å². The first kappa shape index (κ1) is 14.6. The molecule has 0 aliphatic heterocycles. The Morgan fingerprint density at radius 1 is 1.32 bits per heavy atom. The van der Waals surface area contributed by atoms with Crippen molar-refractivity contribution >= 4 is 6.03 Å². The lowest BCUT2D eigenvalue weighted by Crippen LogP contribution is -2.57. The smallest absolute Gasteiger partial charge is 0.317 e. The highest BCUT2D eigenvalue weighted by molar-refractivity contribution is 5.74. The van der Waals surface area contributed by atoms with E-state index in [0.29, 0.717) is 12.6 Å². The Morgan fingerprint density at radius 3 is 2.42 bits per heavy atom. The summed E-state index contributed by atoms with van der Waals surface area (Å²) in [7, 11) is 1.93. The Labute approximate surface area is 117 Å². The van der Waals surface area contributed by atoms with Crippen LogP contribution in [0.15, 0.2) is 0 Å². The van der Waals surface area contributed by atoms with Gasteiger partial charge in [-0.05, 0) is 50.9 Å². The van der Waals surface area contributed by atoms with Crippen LogP contribution in [0.2, 0.25) is 0 Å². The van der Waals surface area contributed by atoms with Crippen molar-refractivity contribution in [1.29, 1.82) is 0 Å². The highest BCUT2D eigenvalue weighted by Crippen LogP contribution is 2.30. The molecule has 110 valence electrons. The first-order valence-corrected chi connectivity index (χ1v) is 7.83. The van der Waals surface area contributed by atoms with Crippen molar-refractivity contribution in [2.75, 3.05) is 13.6 Å². The van der Waals surface area contributed by atoms with Crippen LogP contribution < -0.4 is 11.1 Å². The third-order valence-electron chi connectivity index (χ3n) is 5.20. The Kier molecular flexibility index (Phi) is 4.71. The van der Waals surface area contributed by atoms with Crippen molar-refractivity contribution in [2.24, 2.45) is 11.7 Å². The Morgan fingerprint density at radius 2 is 1.95 bits per heavy atom. The van der Waals surface area contributed by atoms with Gasteiger partial charge in [-0.3, -0.25) is 0 Å². The molecule has 2 aliphatic carbocycles. The molecule has 0 atom stereocenters. The van der Waals surface area contributed by atoms with Gasteiger partial charge < -0.3 is 16.0 Å². The van der Waals surface area contributed by atoms with Gasteiger partial charge in [0, 0.05) is 25.2 Å². The first-order chi connectivity index (χ1) is 9.04. The zero-order valence-corrected chi connectivity index (χ0v) is 12.5. The maximum atomic E-state index is 12.1. The topological polar surface area (TPSA) is 58.4 Å². The molecule has 2 amide bonds. The predicted octanol–water partition coefficient (Wildman–Crippen LogP) is 2.48. The second kappa shape index (κ2) is 6.12. The fraction of sp³-hybridized carbons (Fsp3) is 0.933. The number of rotatable bonds is 4. The van der Waals surface area contributed by atoms with Crippen LogP contribution in [0.25, 0.3) is 0 Å². The van der Waals surface area contributed by atoms with Crippen molar-refractivity contribution in [1.82, 2.24) is 10.2 Å². The highest BCUT2D eigenvalue weighted by atomic mass is 16.2. The van der Waals surface area contributed by atoms with Crippen LogP contribution >= 0.6 is 0 Å². The molecule has 0 aromatic carbocycles. The summed E-state index contributed by atoms with van der Waals surface area (Å²) < 4.78 is 0. The van der Waals surface area contributed by atoms with E-state index in [1.54, 1.807) is 0 Å². The highest BCUT2D eigenvalue weighted by Gasteiger charge is 2.33. The van der Waals surface area contributed by atoms with Gasteiger partial charge in [-0.2, -0.15) is 0 Å². The van der Waals surface area contributed by atoms with Crippen LogP contribution in [-0.4, -0.2) is 36.1 Å². The maximum Gasteiger partial charge on any atom is 0.317 e. The van der Waals surface area contributed by atoms with E-state index < -0.39 is 0 Å². The van der Waals surface area contributed by atoms with E-state index in [-0.39, 0.29) is 11.6 Å². The average Bonchev–Trinajstić information content (AvgIpc) is 2.42. The quantitative estimate of drug-likeness (QED) is 0.822. The van der Waals surface area contributed by atoms with E-state index in [1.165, 1.54) is 25.7 Å². The van der Waals surface area contributed by atoms with E-state index in [9.17, 15) is 4.79 Å². The SMILES string of the molecule is CCC1CCC(N(C)C(=O)NCC2(N)CCC2)CC1. The van der Waals surface area contributed by atoms with E-state index in [1.807, 2.05) is 11.9 Å². The van der Waals surface area contributed by atoms with Crippen LogP contribution in [0, 0.1) is 5.92 Å². The zero-order valence-electron chi connectivity index (χ0n) is 12.5. The summed E-state index contributed by atoms with van der Waals surface area (Å²) in [5.41, 5.74) is 6.00. The fourth-order valence-electron chi connectivity index (χ4n) is 3.29. The van der Waals surface area contributed by atoms with Gasteiger partial charge in [0.05, 0.1) is 0 Å². The van der Waals surface area contributed by atoms with Gasteiger partial charge in [0.25, 0.3) is 0 Å². The minimum atomic E-state index is -0.129. The molecule has 19 heavy (non-hydrogen) atoms. The Hall–Kier alpha value is -0.770. The number of nitrogens with two attached hydrogens (primary N) is 1. The summed E-state index contributed by atoms with van der Waals surface area (Å²) in [5.74, 6) is 0.870. The summed E-state index contributed by atoms with van der Waals surface area (Å²) >= 11 is 0. The standard InChI is InChI=1S/C15H29N3O/c1-3-12-5-7-13(8-6-12)18(2)14(19)17-11-15(16)9-4-10-15/h12-13H,3-11,16H2,1-2H3,(H,17,19). The number of hydrogen-bond acceptors (Lipinski definition) is 2. The summed E-state index contributed by atoms with van der Waals surface area (Å²) in [5, 5.41) is 3.01. The van der Waals surface area contributed by atoms with Crippen molar-refractivity contribution in [3.05, 3.63) is 0 Å². The first-order valence-electron chi connectivity index (χ1n) is 7.83. The molecule has 2 aliphatic rings. The van der Waals surface area contributed by atoms with Gasteiger partial charge in [-0.1, -0.05) is 13.3 Å². The maximum absolute atomic E-state index is 12.1. The van der Waals surface area contributed by atoms with Gasteiger partial charge in [0.2, 0.25) is 0 Å². The minimum Gasteiger partial charge on any atom is -0.336 e. The molecule has 2 fully saturated rings. The van der Waals surface area contributed by atoms with Gasteiger partial charge in [0.15, 0.2) is 0 Å². The number of urea groups is 1. The molecule has 2 saturated carbocycles. The van der Waals surface area contributed by atoms with Crippen LogP contribution in [-0.2, 0) is 0 Å². The Bertz CT molecular complexity index is 307. The zero-order chi connectivity index (χ0) is 13.9. The number of amides is 2. The summed E-state index contributed by atoms with van der Waals surface area (Å²) in [6.07, 6.45) is 9.38. The van der Waals surface area contributed by atoms with E-state index in [2.05, 4.69) is 12.2 Å². The third kappa shape index (κ3) is 3.62. The molecule has 0 bridgehead atoms. The van der Waals surface area contributed by atoms with Crippen molar-refractivity contribution < 1.29 is 4.79 Å². The van der Waals surface area contributed by atoms with Gasteiger partial charge in [0.1, 0.15) is 0 Å². The molecule has 3 N–H and O–H groups in total. The molecule has 0 heterocycles. The normalized spacial score (nSPS) is 29.4. The minimum absolute atomic E-state index is 0.0525. The molecular weight excluding hydrogens is 238 g/mol. The lowest BCUT2D eigenvalue weighted by molar-refractivity contribution is 0.153. The van der Waals surface area contributed by atoms with E-state index in [4.69, 9.17) is 5.73 Å². The van der Waals surface area contributed by atoms with Crippen molar-refractivity contribution in [2.45, 2.75) is 69.9 Å². The number of carbonyl (C=O) groups excluding carboxylic acids is 1. The number of carbonyl (C=O) groups is 1. The second-order valence-electron chi connectivity index (χ2n) is 6.57. The number of hydrogen-bond donors (Lipinski definition) is 2. The van der Waals surface area contributed by atoms with Crippen LogP contribution in [0.3, 0.4) is 0 Å². The molecular formula is C15H29N3O. The third-order valence-corrected chi connectivity index (χ3v) is 5.20. The van der Waals surface area contributed by atoms with E-state index >= 15 is 0 Å². The van der Waals surface area contributed by atoms with Crippen molar-refractivity contribution in [3.63, 3.8) is 0 Å². The number of nitrogens with zero attached hydrogens (tertiary/aromatic N) is 1. The summed E-state index contributed by atoms with van der Waals surface area (Å²) in [6, 6.07) is 0.467. The largest absolute Gasteiger partial charge is 0.336 e. The monoisotopic (exact) mass is 267 g/mol. The molecule has 0 saturated heterocycles. The molecule has 0 aromatic heterocycles. The molecule has 0 aromatic rings. The second-order valence-corrected chi connectivity index (χ2v) is 6.57. The van der Waals surface area contributed by atoms with Crippen LogP contribution in [0.4, 0.5) is 4.79 Å². The van der Waals surface area contributed by atoms with Gasteiger partial charge >= 0.3 is 6.03 Å². The fourth-order valence-corrected chi connectivity index (χ4v) is 3.29. The van der Waals surface area contributed by atoms with E-state index in [0.717, 1.165) is 31.6 Å². The number of nitrogens with one attached hydrogen (secondary N) is 1.